The van der Waals surface area contributed by atoms with Gasteiger partial charge in [-0.15, -0.1) is 0 Å². The molecule has 1 N–H and O–H groups in total. The quantitative estimate of drug-likeness (QED) is 0.765. The Bertz CT molecular complexity index is 305. The second kappa shape index (κ2) is 6.18. The molecule has 0 spiro atoms. The van der Waals surface area contributed by atoms with Gasteiger partial charge in [0.15, 0.2) is 0 Å². The van der Waals surface area contributed by atoms with Gasteiger partial charge in [-0.25, -0.2) is 0 Å². The molecule has 2 amide bonds. The molecule has 5 nitrogen and oxygen atoms in total. The summed E-state index contributed by atoms with van der Waals surface area (Å²) in [5.41, 5.74) is 0. The molecule has 2 rings (SSSR count). The molecule has 2 aliphatic heterocycles. The number of piperidine rings is 1. The predicted molar refractivity (Wildman–Crippen MR) is 69.1 cm³/mol. The van der Waals surface area contributed by atoms with Crippen LogP contribution in [0.15, 0.2) is 0 Å². The van der Waals surface area contributed by atoms with E-state index in [0.717, 1.165) is 13.0 Å². The van der Waals surface area contributed by atoms with E-state index < -0.39 is 0 Å². The maximum atomic E-state index is 12.1. The molecule has 18 heavy (non-hydrogen) atoms. The number of rotatable bonds is 2. The first-order valence-corrected chi connectivity index (χ1v) is 6.93. The van der Waals surface area contributed by atoms with Crippen LogP contribution in [0.1, 0.15) is 32.6 Å². The van der Waals surface area contributed by atoms with Crippen molar-refractivity contribution < 1.29 is 9.59 Å². The maximum absolute atomic E-state index is 12.1. The van der Waals surface area contributed by atoms with Crippen LogP contribution in [0.3, 0.4) is 0 Å². The van der Waals surface area contributed by atoms with Crippen molar-refractivity contribution in [2.75, 3.05) is 32.7 Å². The number of nitrogens with one attached hydrogen (secondary N) is 1. The van der Waals surface area contributed by atoms with Gasteiger partial charge in [-0.1, -0.05) is 6.42 Å². The van der Waals surface area contributed by atoms with E-state index in [1.54, 1.807) is 6.92 Å². The van der Waals surface area contributed by atoms with Crippen molar-refractivity contribution in [3.05, 3.63) is 0 Å². The number of carbonyl (C=O) groups excluding carboxylic acids is 2. The highest BCUT2D eigenvalue weighted by Crippen LogP contribution is 2.12. The molecule has 0 radical (unpaired) electrons. The summed E-state index contributed by atoms with van der Waals surface area (Å²) in [6.45, 7) is 5.36. The van der Waals surface area contributed by atoms with Gasteiger partial charge in [0.05, 0.1) is 0 Å². The average molecular weight is 253 g/mol. The van der Waals surface area contributed by atoms with Gasteiger partial charge in [0.25, 0.3) is 0 Å². The van der Waals surface area contributed by atoms with E-state index in [1.807, 2.05) is 9.80 Å². The molecule has 5 heteroatoms. The monoisotopic (exact) mass is 253 g/mol. The zero-order valence-electron chi connectivity index (χ0n) is 11.2. The topological polar surface area (TPSA) is 52.7 Å². The van der Waals surface area contributed by atoms with E-state index in [4.69, 9.17) is 0 Å². The van der Waals surface area contributed by atoms with Crippen LogP contribution in [0, 0.1) is 0 Å². The maximum Gasteiger partial charge on any atom is 0.224 e. The predicted octanol–water partition coefficient (Wildman–Crippen LogP) is 0.209. The Balaban J connectivity index is 1.75. The summed E-state index contributed by atoms with van der Waals surface area (Å²) in [5, 5.41) is 3.40. The average Bonchev–Trinajstić information content (AvgIpc) is 2.40. The van der Waals surface area contributed by atoms with E-state index in [-0.39, 0.29) is 11.8 Å². The highest BCUT2D eigenvalue weighted by atomic mass is 16.2. The van der Waals surface area contributed by atoms with Crippen molar-refractivity contribution in [3.63, 3.8) is 0 Å². The first-order chi connectivity index (χ1) is 8.66. The van der Waals surface area contributed by atoms with Gasteiger partial charge in [-0.3, -0.25) is 9.59 Å². The fraction of sp³-hybridized carbons (Fsp3) is 0.846. The third kappa shape index (κ3) is 3.45. The molecule has 1 unspecified atom stereocenters. The Kier molecular flexibility index (Phi) is 4.58. The number of hydrogen-bond donors (Lipinski definition) is 1. The molecule has 0 saturated carbocycles. The van der Waals surface area contributed by atoms with Crippen molar-refractivity contribution in [1.82, 2.24) is 15.1 Å². The molecule has 2 fully saturated rings. The molecule has 0 aromatic rings. The first-order valence-electron chi connectivity index (χ1n) is 6.93. The van der Waals surface area contributed by atoms with E-state index in [0.29, 0.717) is 38.6 Å². The largest absolute Gasteiger partial charge is 0.339 e. The summed E-state index contributed by atoms with van der Waals surface area (Å²) in [4.78, 5) is 27.0. The fourth-order valence-corrected chi connectivity index (χ4v) is 2.71. The standard InChI is InChI=1S/C13H23N3O2/c1-11(17)15-6-8-16(9-7-15)13(18)10-12-4-2-3-5-14-12/h12,14H,2-10H2,1H3. The normalized spacial score (nSPS) is 25.1. The SMILES string of the molecule is CC(=O)N1CCN(C(=O)CC2CCCCN2)CC1. The van der Waals surface area contributed by atoms with Gasteiger partial charge in [0.2, 0.25) is 11.8 Å². The third-order valence-corrected chi connectivity index (χ3v) is 3.91. The van der Waals surface area contributed by atoms with Crippen LogP contribution in [0.25, 0.3) is 0 Å². The summed E-state index contributed by atoms with van der Waals surface area (Å²) in [6.07, 6.45) is 4.17. The summed E-state index contributed by atoms with van der Waals surface area (Å²) in [6, 6.07) is 0.358. The molecule has 2 heterocycles. The van der Waals surface area contributed by atoms with Crippen molar-refractivity contribution in [3.8, 4) is 0 Å². The Morgan fingerprint density at radius 2 is 1.78 bits per heavy atom. The molecular weight excluding hydrogens is 230 g/mol. The van der Waals surface area contributed by atoms with Crippen molar-refractivity contribution in [2.24, 2.45) is 0 Å². The highest BCUT2D eigenvalue weighted by Gasteiger charge is 2.24. The Morgan fingerprint density at radius 1 is 1.11 bits per heavy atom. The molecule has 0 aromatic heterocycles. The fourth-order valence-electron chi connectivity index (χ4n) is 2.71. The van der Waals surface area contributed by atoms with E-state index in [1.165, 1.54) is 12.8 Å². The van der Waals surface area contributed by atoms with E-state index in [2.05, 4.69) is 5.32 Å². The van der Waals surface area contributed by atoms with Crippen LogP contribution in [0.4, 0.5) is 0 Å². The molecule has 1 atom stereocenters. The van der Waals surface area contributed by atoms with Gasteiger partial charge < -0.3 is 15.1 Å². The summed E-state index contributed by atoms with van der Waals surface area (Å²) < 4.78 is 0. The number of hydrogen-bond acceptors (Lipinski definition) is 3. The third-order valence-electron chi connectivity index (χ3n) is 3.91. The molecule has 0 bridgehead atoms. The van der Waals surface area contributed by atoms with E-state index in [9.17, 15) is 9.59 Å². The van der Waals surface area contributed by atoms with Gasteiger partial charge in [0.1, 0.15) is 0 Å². The van der Waals surface area contributed by atoms with Crippen molar-refractivity contribution >= 4 is 11.8 Å². The van der Waals surface area contributed by atoms with Crippen molar-refractivity contribution in [1.29, 1.82) is 0 Å². The minimum Gasteiger partial charge on any atom is -0.339 e. The van der Waals surface area contributed by atoms with Crippen LogP contribution in [-0.4, -0.2) is 60.4 Å². The molecular formula is C13H23N3O2. The number of amides is 2. The molecule has 2 saturated heterocycles. The van der Waals surface area contributed by atoms with Crippen LogP contribution in [0.5, 0.6) is 0 Å². The molecule has 0 aromatic carbocycles. The summed E-state index contributed by atoms with van der Waals surface area (Å²) >= 11 is 0. The Morgan fingerprint density at radius 3 is 2.33 bits per heavy atom. The summed E-state index contributed by atoms with van der Waals surface area (Å²) in [5.74, 6) is 0.341. The van der Waals surface area contributed by atoms with Gasteiger partial charge in [-0.2, -0.15) is 0 Å². The van der Waals surface area contributed by atoms with Crippen LogP contribution in [0.2, 0.25) is 0 Å². The smallest absolute Gasteiger partial charge is 0.224 e. The molecule has 102 valence electrons. The minimum absolute atomic E-state index is 0.107. The van der Waals surface area contributed by atoms with E-state index >= 15 is 0 Å². The second-order valence-corrected chi connectivity index (χ2v) is 5.24. The Hall–Kier alpha value is -1.10. The summed E-state index contributed by atoms with van der Waals surface area (Å²) in [7, 11) is 0. The highest BCUT2D eigenvalue weighted by molar-refractivity contribution is 5.78. The van der Waals surface area contributed by atoms with Gasteiger partial charge >= 0.3 is 0 Å². The van der Waals surface area contributed by atoms with Gasteiger partial charge in [0, 0.05) is 45.6 Å². The lowest BCUT2D eigenvalue weighted by Crippen LogP contribution is -2.51. The minimum atomic E-state index is 0.107. The van der Waals surface area contributed by atoms with Crippen LogP contribution < -0.4 is 5.32 Å². The first kappa shape index (κ1) is 13.3. The van der Waals surface area contributed by atoms with Crippen LogP contribution in [-0.2, 0) is 9.59 Å². The number of piperazine rings is 1. The lowest BCUT2D eigenvalue weighted by atomic mass is 10.0. The second-order valence-electron chi connectivity index (χ2n) is 5.24. The van der Waals surface area contributed by atoms with Gasteiger partial charge in [-0.05, 0) is 19.4 Å². The Labute approximate surface area is 108 Å². The zero-order valence-corrected chi connectivity index (χ0v) is 11.2. The van der Waals surface area contributed by atoms with Crippen molar-refractivity contribution in [2.45, 2.75) is 38.6 Å². The zero-order chi connectivity index (χ0) is 13.0. The number of carbonyl (C=O) groups is 2. The molecule has 0 aliphatic carbocycles. The lowest BCUT2D eigenvalue weighted by molar-refractivity contribution is -0.138. The molecule has 2 aliphatic rings. The number of nitrogens with zero attached hydrogens (tertiary/aromatic N) is 2. The lowest BCUT2D eigenvalue weighted by Gasteiger charge is -2.35. The van der Waals surface area contributed by atoms with Crippen LogP contribution >= 0.6 is 0 Å².